The van der Waals surface area contributed by atoms with Crippen molar-refractivity contribution in [1.29, 1.82) is 0 Å². The lowest BCUT2D eigenvalue weighted by molar-refractivity contribution is -0.315. The number of carboxylic acids is 1. The molecule has 1 rings (SSSR count). The highest BCUT2D eigenvalue weighted by molar-refractivity contribution is 6.68. The molecule has 0 aliphatic carbocycles. The van der Waals surface area contributed by atoms with E-state index in [0.29, 0.717) is 0 Å². The molecule has 118 valence electrons. The maximum absolute atomic E-state index is 10.9. The number of hydrogen-bond acceptors (Lipinski definition) is 6. The molecular formula is C10H15Cl3O7. The number of alkyl halides is 3. The molecule has 0 unspecified atom stereocenters. The average Bonchev–Trinajstić information content (AvgIpc) is 2.27. The number of hydrogen-bond donors (Lipinski definition) is 4. The zero-order valence-electron chi connectivity index (χ0n) is 10.5. The van der Waals surface area contributed by atoms with Gasteiger partial charge in [0.2, 0.25) is 3.79 Å². The standard InChI is InChI=1S/C10H15Cl3O7/c1-9(2,10(11,12)13)20-8-5(16)3(14)4(15)6(19-8)7(17)18/h3-6,8,14-16H,1-2H3,(H,17,18)/t3-,4-,5+,6-,8-/m0/s1. The van der Waals surface area contributed by atoms with Crippen molar-refractivity contribution in [1.82, 2.24) is 0 Å². The van der Waals surface area contributed by atoms with E-state index in [0.717, 1.165) is 0 Å². The topological polar surface area (TPSA) is 116 Å². The largest absolute Gasteiger partial charge is 0.479 e. The van der Waals surface area contributed by atoms with Crippen LogP contribution in [0, 0.1) is 0 Å². The summed E-state index contributed by atoms with van der Waals surface area (Å²) in [5.41, 5.74) is -1.45. The molecule has 7 nitrogen and oxygen atoms in total. The SMILES string of the molecule is CC(C)(O[C@@H]1O[C@H](C(=O)O)[C@@H](O)[C@H](O)[C@H]1O)C(Cl)(Cl)Cl. The van der Waals surface area contributed by atoms with E-state index < -0.39 is 46.1 Å². The maximum atomic E-state index is 10.9. The maximum Gasteiger partial charge on any atom is 0.335 e. The molecule has 0 radical (unpaired) electrons. The quantitative estimate of drug-likeness (QED) is 0.529. The summed E-state index contributed by atoms with van der Waals surface area (Å²) in [6, 6.07) is 0. The first-order valence-corrected chi connectivity index (χ1v) is 6.69. The van der Waals surface area contributed by atoms with Gasteiger partial charge in [-0.1, -0.05) is 34.8 Å². The van der Waals surface area contributed by atoms with E-state index in [1.807, 2.05) is 0 Å². The molecule has 0 aromatic carbocycles. The molecule has 4 N–H and O–H groups in total. The third-order valence-electron chi connectivity index (χ3n) is 2.91. The average molecular weight is 354 g/mol. The van der Waals surface area contributed by atoms with Crippen LogP contribution < -0.4 is 0 Å². The summed E-state index contributed by atoms with van der Waals surface area (Å²) in [6.07, 6.45) is -8.64. The first-order chi connectivity index (χ1) is 8.88. The van der Waals surface area contributed by atoms with Crippen molar-refractivity contribution in [2.45, 2.75) is 53.9 Å². The first-order valence-electron chi connectivity index (χ1n) is 5.55. The van der Waals surface area contributed by atoms with Crippen molar-refractivity contribution in [3.63, 3.8) is 0 Å². The van der Waals surface area contributed by atoms with Crippen molar-refractivity contribution < 1.29 is 34.7 Å². The minimum absolute atomic E-state index is 1.38. The van der Waals surface area contributed by atoms with Crippen LogP contribution in [0.15, 0.2) is 0 Å². The summed E-state index contributed by atoms with van der Waals surface area (Å²) < 4.78 is 8.28. The van der Waals surface area contributed by atoms with Gasteiger partial charge in [-0.15, -0.1) is 0 Å². The zero-order valence-corrected chi connectivity index (χ0v) is 12.8. The Morgan fingerprint density at radius 2 is 1.60 bits per heavy atom. The fourth-order valence-electron chi connectivity index (χ4n) is 1.51. The summed E-state index contributed by atoms with van der Waals surface area (Å²) in [7, 11) is 0. The Kier molecular flexibility index (Phi) is 5.55. The molecule has 1 aliphatic rings. The Labute approximate surface area is 129 Å². The number of aliphatic hydroxyl groups is 3. The van der Waals surface area contributed by atoms with Gasteiger partial charge in [-0.25, -0.2) is 4.79 Å². The van der Waals surface area contributed by atoms with E-state index in [2.05, 4.69) is 0 Å². The number of ether oxygens (including phenoxy) is 2. The summed E-state index contributed by atoms with van der Waals surface area (Å²) in [6.45, 7) is 2.76. The second kappa shape index (κ2) is 6.10. The van der Waals surface area contributed by atoms with Gasteiger partial charge in [-0.05, 0) is 13.8 Å². The van der Waals surface area contributed by atoms with E-state index >= 15 is 0 Å². The van der Waals surface area contributed by atoms with Gasteiger partial charge in [0.15, 0.2) is 12.4 Å². The third kappa shape index (κ3) is 3.66. The summed E-state index contributed by atoms with van der Waals surface area (Å²) in [5.74, 6) is -1.52. The number of aliphatic carboxylic acids is 1. The second-order valence-electron chi connectivity index (χ2n) is 4.86. The highest BCUT2D eigenvalue weighted by Crippen LogP contribution is 2.42. The molecule has 20 heavy (non-hydrogen) atoms. The summed E-state index contributed by atoms with van der Waals surface area (Å²) in [5, 5.41) is 37.7. The van der Waals surface area contributed by atoms with Crippen molar-refractivity contribution >= 4 is 40.8 Å². The zero-order chi connectivity index (χ0) is 15.9. The highest BCUT2D eigenvalue weighted by atomic mass is 35.6. The molecule has 10 heteroatoms. The fourth-order valence-corrected chi connectivity index (χ4v) is 1.64. The van der Waals surface area contributed by atoms with Crippen molar-refractivity contribution in [3.8, 4) is 0 Å². The molecule has 0 aromatic rings. The molecule has 0 aromatic heterocycles. The Bertz CT molecular complexity index is 370. The third-order valence-corrected chi connectivity index (χ3v) is 4.27. The number of rotatable bonds is 3. The van der Waals surface area contributed by atoms with E-state index in [1.165, 1.54) is 13.8 Å². The predicted molar refractivity (Wildman–Crippen MR) is 69.8 cm³/mol. The van der Waals surface area contributed by atoms with Gasteiger partial charge in [-0.2, -0.15) is 0 Å². The number of halogens is 3. The normalized spacial score (nSPS) is 35.9. The van der Waals surface area contributed by atoms with Crippen molar-refractivity contribution in [3.05, 3.63) is 0 Å². The van der Waals surface area contributed by atoms with Crippen molar-refractivity contribution in [2.24, 2.45) is 0 Å². The van der Waals surface area contributed by atoms with E-state index in [-0.39, 0.29) is 0 Å². The van der Waals surface area contributed by atoms with Gasteiger partial charge >= 0.3 is 5.97 Å². The smallest absolute Gasteiger partial charge is 0.335 e. The Morgan fingerprint density at radius 1 is 1.10 bits per heavy atom. The molecule has 1 aliphatic heterocycles. The highest BCUT2D eigenvalue weighted by Gasteiger charge is 2.51. The monoisotopic (exact) mass is 352 g/mol. The second-order valence-corrected chi connectivity index (χ2v) is 7.14. The van der Waals surface area contributed by atoms with Crippen LogP contribution in [0.25, 0.3) is 0 Å². The molecule has 0 saturated carbocycles. The molecule has 1 saturated heterocycles. The minimum Gasteiger partial charge on any atom is -0.479 e. The molecule has 0 bridgehead atoms. The Balaban J connectivity index is 2.92. The van der Waals surface area contributed by atoms with Gasteiger partial charge in [0.25, 0.3) is 0 Å². The number of carbonyl (C=O) groups is 1. The van der Waals surface area contributed by atoms with Crippen LogP contribution in [0.2, 0.25) is 0 Å². The van der Waals surface area contributed by atoms with Crippen LogP contribution in [0.3, 0.4) is 0 Å². The van der Waals surface area contributed by atoms with Crippen LogP contribution in [-0.2, 0) is 14.3 Å². The lowest BCUT2D eigenvalue weighted by Crippen LogP contribution is -2.62. The molecule has 0 spiro atoms. The number of aliphatic hydroxyl groups excluding tert-OH is 3. The van der Waals surface area contributed by atoms with Crippen LogP contribution in [-0.4, -0.2) is 66.5 Å². The van der Waals surface area contributed by atoms with Crippen LogP contribution in [0.1, 0.15) is 13.8 Å². The van der Waals surface area contributed by atoms with Crippen LogP contribution >= 0.6 is 34.8 Å². The first kappa shape index (κ1) is 18.2. The van der Waals surface area contributed by atoms with Gasteiger partial charge in [0.05, 0.1) is 0 Å². The van der Waals surface area contributed by atoms with Crippen LogP contribution in [0.5, 0.6) is 0 Å². The summed E-state index contributed by atoms with van der Waals surface area (Å²) in [4.78, 5) is 10.9. The van der Waals surface area contributed by atoms with Gasteiger partial charge in [-0.3, -0.25) is 0 Å². The summed E-state index contributed by atoms with van der Waals surface area (Å²) >= 11 is 17.1. The molecular weight excluding hydrogens is 338 g/mol. The van der Waals surface area contributed by atoms with Crippen molar-refractivity contribution in [2.75, 3.05) is 0 Å². The van der Waals surface area contributed by atoms with Gasteiger partial charge in [0.1, 0.15) is 23.9 Å². The fraction of sp³-hybridized carbons (Fsp3) is 0.900. The predicted octanol–water partition coefficient (Wildman–Crippen LogP) is 0.0440. The van der Waals surface area contributed by atoms with E-state index in [4.69, 9.17) is 49.4 Å². The molecule has 1 heterocycles. The molecule has 0 amide bonds. The number of carboxylic acid groups (broad SMARTS) is 1. The van der Waals surface area contributed by atoms with Gasteiger partial charge < -0.3 is 29.9 Å². The molecule has 1 fully saturated rings. The minimum atomic E-state index is -1.89. The van der Waals surface area contributed by atoms with E-state index in [1.54, 1.807) is 0 Å². The Hall–Kier alpha value is 0.140. The van der Waals surface area contributed by atoms with Crippen LogP contribution in [0.4, 0.5) is 0 Å². The lowest BCUT2D eigenvalue weighted by Gasteiger charge is -2.43. The Morgan fingerprint density at radius 3 is 2.00 bits per heavy atom. The lowest BCUT2D eigenvalue weighted by atomic mass is 9.98. The van der Waals surface area contributed by atoms with E-state index in [9.17, 15) is 20.1 Å². The molecule has 5 atom stereocenters. The van der Waals surface area contributed by atoms with Gasteiger partial charge in [0, 0.05) is 0 Å².